The van der Waals surface area contributed by atoms with E-state index in [0.717, 1.165) is 17.9 Å². The van der Waals surface area contributed by atoms with Gasteiger partial charge in [-0.2, -0.15) is 0 Å². The molecule has 1 aromatic heterocycles. The largest absolute Gasteiger partial charge is 0.478 e. The van der Waals surface area contributed by atoms with Crippen molar-refractivity contribution in [1.29, 1.82) is 0 Å². The number of hydrogen-bond donors (Lipinski definition) is 1. The number of aromatic carboxylic acids is 1. The SMILES string of the molecule is O=C(c1ccc(Oc2ccccc2Oc2ccccc2F)c(C(=O)O)c1)c1ccc(N(CC2CC2)c2ccc(Cl)cc2)cn1. The molecule has 0 saturated heterocycles. The second kappa shape index (κ2) is 12.6. The normalized spacial score (nSPS) is 12.4. The number of ether oxygens (including phenoxy) is 2. The second-order valence-corrected chi connectivity index (χ2v) is 10.8. The van der Waals surface area contributed by atoms with E-state index in [2.05, 4.69) is 9.88 Å². The second-order valence-electron chi connectivity index (χ2n) is 10.4. The van der Waals surface area contributed by atoms with Crippen molar-refractivity contribution >= 4 is 34.7 Å². The van der Waals surface area contributed by atoms with Gasteiger partial charge >= 0.3 is 5.97 Å². The Bertz CT molecular complexity index is 1820. The van der Waals surface area contributed by atoms with Gasteiger partial charge in [0.25, 0.3) is 0 Å². The minimum Gasteiger partial charge on any atom is -0.478 e. The van der Waals surface area contributed by atoms with Gasteiger partial charge in [0.15, 0.2) is 23.1 Å². The molecule has 0 bridgehead atoms. The van der Waals surface area contributed by atoms with E-state index >= 15 is 0 Å². The number of carboxylic acid groups (broad SMARTS) is 1. The minimum absolute atomic E-state index is 0.00898. The summed E-state index contributed by atoms with van der Waals surface area (Å²) >= 11 is 6.09. The van der Waals surface area contributed by atoms with Crippen LogP contribution in [0.2, 0.25) is 5.02 Å². The highest BCUT2D eigenvalue weighted by Gasteiger charge is 2.26. The number of para-hydroxylation sites is 3. The van der Waals surface area contributed by atoms with E-state index < -0.39 is 17.6 Å². The van der Waals surface area contributed by atoms with Crippen molar-refractivity contribution in [2.75, 3.05) is 11.4 Å². The van der Waals surface area contributed by atoms with E-state index in [4.69, 9.17) is 21.1 Å². The Kier molecular flexibility index (Phi) is 8.25. The molecule has 0 unspecified atom stereocenters. The smallest absolute Gasteiger partial charge is 0.339 e. The third-order valence-corrected chi connectivity index (χ3v) is 7.42. The van der Waals surface area contributed by atoms with Crippen molar-refractivity contribution in [3.8, 4) is 23.0 Å². The number of carbonyl (C=O) groups is 2. The number of rotatable bonds is 11. The van der Waals surface area contributed by atoms with Crippen LogP contribution in [-0.4, -0.2) is 28.4 Å². The number of pyridine rings is 1. The first kappa shape index (κ1) is 28.9. The average molecular weight is 609 g/mol. The number of hydrogen-bond acceptors (Lipinski definition) is 6. The number of aromatic nitrogens is 1. The molecule has 1 saturated carbocycles. The van der Waals surface area contributed by atoms with Crippen LogP contribution in [0.1, 0.15) is 39.3 Å². The van der Waals surface area contributed by atoms with Gasteiger partial charge < -0.3 is 19.5 Å². The molecule has 1 fully saturated rings. The Morgan fingerprint density at radius 3 is 2.07 bits per heavy atom. The molecule has 1 N–H and O–H groups in total. The van der Waals surface area contributed by atoms with Gasteiger partial charge in [-0.1, -0.05) is 35.9 Å². The maximum absolute atomic E-state index is 14.2. The molecule has 1 heterocycles. The molecule has 44 heavy (non-hydrogen) atoms. The zero-order valence-electron chi connectivity index (χ0n) is 23.3. The molecule has 5 aromatic rings. The van der Waals surface area contributed by atoms with E-state index in [1.807, 2.05) is 30.3 Å². The van der Waals surface area contributed by atoms with Crippen molar-refractivity contribution < 1.29 is 28.6 Å². The van der Waals surface area contributed by atoms with Gasteiger partial charge in [-0.25, -0.2) is 9.18 Å². The zero-order chi connectivity index (χ0) is 30.6. The van der Waals surface area contributed by atoms with E-state index in [9.17, 15) is 19.1 Å². The standard InChI is InChI=1S/C35H26ClFN2O5/c36-24-12-14-25(15-13-24)39(21-22-9-10-22)26-16-17-29(38-20-26)34(40)23-11-18-30(27(19-23)35(41)42)43-32-7-3-4-8-33(32)44-31-6-2-1-5-28(31)37/h1-8,11-20,22H,9-10,21H2,(H,41,42). The number of nitrogens with zero attached hydrogens (tertiary/aromatic N) is 2. The molecule has 1 aliphatic rings. The molecule has 0 amide bonds. The predicted octanol–water partition coefficient (Wildman–Crippen LogP) is 8.94. The summed E-state index contributed by atoms with van der Waals surface area (Å²) in [6.45, 7) is 0.828. The van der Waals surface area contributed by atoms with Crippen LogP contribution in [0.3, 0.4) is 0 Å². The molecule has 0 spiro atoms. The number of benzene rings is 4. The predicted molar refractivity (Wildman–Crippen MR) is 165 cm³/mol. The number of ketones is 1. The van der Waals surface area contributed by atoms with Crippen LogP contribution in [0.15, 0.2) is 109 Å². The van der Waals surface area contributed by atoms with Crippen LogP contribution in [0.25, 0.3) is 0 Å². The molecule has 0 aliphatic heterocycles. The summed E-state index contributed by atoms with van der Waals surface area (Å²) in [5, 5.41) is 10.6. The summed E-state index contributed by atoms with van der Waals surface area (Å²) in [5.74, 6) is -1.35. The molecule has 6 rings (SSSR count). The number of carbonyl (C=O) groups excluding carboxylic acids is 1. The average Bonchev–Trinajstić information content (AvgIpc) is 3.87. The summed E-state index contributed by atoms with van der Waals surface area (Å²) in [4.78, 5) is 32.2. The summed E-state index contributed by atoms with van der Waals surface area (Å²) in [6.07, 6.45) is 3.99. The summed E-state index contributed by atoms with van der Waals surface area (Å²) < 4.78 is 25.8. The van der Waals surface area contributed by atoms with Crippen molar-refractivity contribution in [3.63, 3.8) is 0 Å². The maximum atomic E-state index is 14.2. The van der Waals surface area contributed by atoms with Crippen LogP contribution in [0, 0.1) is 11.7 Å². The fourth-order valence-electron chi connectivity index (χ4n) is 4.68. The van der Waals surface area contributed by atoms with Gasteiger partial charge in [-0.05, 0) is 97.6 Å². The van der Waals surface area contributed by atoms with E-state index in [-0.39, 0.29) is 39.8 Å². The van der Waals surface area contributed by atoms with Crippen molar-refractivity contribution in [2.24, 2.45) is 5.92 Å². The van der Waals surface area contributed by atoms with E-state index in [1.165, 1.54) is 43.2 Å². The van der Waals surface area contributed by atoms with Gasteiger partial charge in [-0.3, -0.25) is 9.78 Å². The number of halogens is 2. The third kappa shape index (κ3) is 6.55. The van der Waals surface area contributed by atoms with Gasteiger partial charge in [0, 0.05) is 22.8 Å². The molecular formula is C35H26ClFN2O5. The fraction of sp³-hybridized carbons (Fsp3) is 0.114. The van der Waals surface area contributed by atoms with E-state index in [0.29, 0.717) is 10.9 Å². The summed E-state index contributed by atoms with van der Waals surface area (Å²) in [6, 6.07) is 27.6. The zero-order valence-corrected chi connectivity index (χ0v) is 24.1. The van der Waals surface area contributed by atoms with Crippen molar-refractivity contribution in [3.05, 3.63) is 137 Å². The lowest BCUT2D eigenvalue weighted by atomic mass is 10.0. The Balaban J connectivity index is 1.23. The molecule has 0 atom stereocenters. The van der Waals surface area contributed by atoms with Gasteiger partial charge in [-0.15, -0.1) is 0 Å². The molecule has 220 valence electrons. The quantitative estimate of drug-likeness (QED) is 0.150. The summed E-state index contributed by atoms with van der Waals surface area (Å²) in [5.41, 5.74) is 1.89. The molecule has 4 aromatic carbocycles. The number of carboxylic acids is 1. The van der Waals surface area contributed by atoms with Crippen LogP contribution in [0.5, 0.6) is 23.0 Å². The molecule has 7 nitrogen and oxygen atoms in total. The Labute approximate surface area is 258 Å². The van der Waals surface area contributed by atoms with E-state index in [1.54, 1.807) is 48.7 Å². The fourth-order valence-corrected chi connectivity index (χ4v) is 4.80. The van der Waals surface area contributed by atoms with Crippen LogP contribution >= 0.6 is 11.6 Å². The highest BCUT2D eigenvalue weighted by atomic mass is 35.5. The molecule has 9 heteroatoms. The first-order valence-electron chi connectivity index (χ1n) is 14.0. The van der Waals surface area contributed by atoms with Crippen molar-refractivity contribution in [2.45, 2.75) is 12.8 Å². The van der Waals surface area contributed by atoms with Crippen LogP contribution in [-0.2, 0) is 0 Å². The minimum atomic E-state index is -1.29. The first-order chi connectivity index (χ1) is 21.4. The first-order valence-corrected chi connectivity index (χ1v) is 14.3. The number of anilines is 2. The lowest BCUT2D eigenvalue weighted by Crippen LogP contribution is -2.20. The van der Waals surface area contributed by atoms with Gasteiger partial charge in [0.2, 0.25) is 5.78 Å². The topological polar surface area (TPSA) is 89.0 Å². The van der Waals surface area contributed by atoms with Gasteiger partial charge in [0.1, 0.15) is 17.0 Å². The third-order valence-electron chi connectivity index (χ3n) is 7.17. The molecule has 1 aliphatic carbocycles. The lowest BCUT2D eigenvalue weighted by Gasteiger charge is -2.25. The molecule has 0 radical (unpaired) electrons. The van der Waals surface area contributed by atoms with Crippen LogP contribution in [0.4, 0.5) is 15.8 Å². The summed E-state index contributed by atoms with van der Waals surface area (Å²) in [7, 11) is 0. The Morgan fingerprint density at radius 2 is 1.45 bits per heavy atom. The Morgan fingerprint density at radius 1 is 0.818 bits per heavy atom. The van der Waals surface area contributed by atoms with Gasteiger partial charge in [0.05, 0.1) is 11.9 Å². The highest BCUT2D eigenvalue weighted by molar-refractivity contribution is 6.30. The maximum Gasteiger partial charge on any atom is 0.339 e. The lowest BCUT2D eigenvalue weighted by molar-refractivity contribution is 0.0694. The van der Waals surface area contributed by atoms with Crippen LogP contribution < -0.4 is 14.4 Å². The Hall–Kier alpha value is -5.21. The highest BCUT2D eigenvalue weighted by Crippen LogP contribution is 2.38. The monoisotopic (exact) mass is 608 g/mol. The van der Waals surface area contributed by atoms with Crippen molar-refractivity contribution in [1.82, 2.24) is 4.98 Å². The molecular weight excluding hydrogens is 583 g/mol.